The number of hydrogen-bond acceptors (Lipinski definition) is 4. The largest absolute Gasteiger partial charge is 0.389 e. The zero-order valence-electron chi connectivity index (χ0n) is 9.84. The highest BCUT2D eigenvalue weighted by Crippen LogP contribution is 2.19. The molecule has 94 valence electrons. The summed E-state index contributed by atoms with van der Waals surface area (Å²) in [5.41, 5.74) is 7.07. The number of imide groups is 1. The standard InChI is InChI=1S/C12H13N3O2S/c1-7-12(17)14-10(16)6-15(7)9-4-2-8(3-5-9)11(13)18/h2-5,7H,6H2,1H3,(H2,13,18)(H,14,16,17). The van der Waals surface area contributed by atoms with Crippen LogP contribution in [0.4, 0.5) is 5.69 Å². The predicted molar refractivity (Wildman–Crippen MR) is 72.3 cm³/mol. The molecular formula is C12H13N3O2S. The maximum atomic E-state index is 11.5. The Kier molecular flexibility index (Phi) is 3.29. The van der Waals surface area contributed by atoms with Crippen molar-refractivity contribution in [1.82, 2.24) is 5.32 Å². The summed E-state index contributed by atoms with van der Waals surface area (Å²) < 4.78 is 0. The Hall–Kier alpha value is -1.95. The molecule has 1 aromatic rings. The molecule has 3 N–H and O–H groups in total. The third-order valence-corrected chi connectivity index (χ3v) is 3.14. The van der Waals surface area contributed by atoms with Crippen molar-refractivity contribution in [3.8, 4) is 0 Å². The van der Waals surface area contributed by atoms with Gasteiger partial charge in [0.1, 0.15) is 11.0 Å². The summed E-state index contributed by atoms with van der Waals surface area (Å²) in [5, 5.41) is 2.30. The van der Waals surface area contributed by atoms with Crippen molar-refractivity contribution in [3.63, 3.8) is 0 Å². The first kappa shape index (κ1) is 12.5. The average Bonchev–Trinajstić information content (AvgIpc) is 2.34. The number of nitrogens with zero attached hydrogens (tertiary/aromatic N) is 1. The van der Waals surface area contributed by atoms with Gasteiger partial charge < -0.3 is 10.6 Å². The van der Waals surface area contributed by atoms with Crippen molar-refractivity contribution in [2.45, 2.75) is 13.0 Å². The monoisotopic (exact) mass is 263 g/mol. The lowest BCUT2D eigenvalue weighted by atomic mass is 10.1. The van der Waals surface area contributed by atoms with Crippen LogP contribution in [0.5, 0.6) is 0 Å². The lowest BCUT2D eigenvalue weighted by Gasteiger charge is -2.33. The molecule has 18 heavy (non-hydrogen) atoms. The van der Waals surface area contributed by atoms with E-state index in [0.717, 1.165) is 11.3 Å². The minimum absolute atomic E-state index is 0.166. The molecule has 5 nitrogen and oxygen atoms in total. The molecule has 0 aliphatic carbocycles. The van der Waals surface area contributed by atoms with E-state index >= 15 is 0 Å². The van der Waals surface area contributed by atoms with Gasteiger partial charge in [0.15, 0.2) is 0 Å². The van der Waals surface area contributed by atoms with Crippen molar-refractivity contribution in [1.29, 1.82) is 0 Å². The number of hydrogen-bond donors (Lipinski definition) is 2. The summed E-state index contributed by atoms with van der Waals surface area (Å²) in [6.07, 6.45) is 0. The Labute approximate surface area is 110 Å². The van der Waals surface area contributed by atoms with Gasteiger partial charge in [0.2, 0.25) is 11.8 Å². The number of benzene rings is 1. The van der Waals surface area contributed by atoms with Crippen LogP contribution in [0.1, 0.15) is 12.5 Å². The summed E-state index contributed by atoms with van der Waals surface area (Å²) in [4.78, 5) is 25.0. The molecule has 0 bridgehead atoms. The molecule has 1 heterocycles. The highest BCUT2D eigenvalue weighted by atomic mass is 32.1. The van der Waals surface area contributed by atoms with Gasteiger partial charge in [-0.25, -0.2) is 0 Å². The number of rotatable bonds is 2. The number of nitrogens with one attached hydrogen (secondary N) is 1. The summed E-state index contributed by atoms with van der Waals surface area (Å²) in [7, 11) is 0. The van der Waals surface area contributed by atoms with E-state index in [1.54, 1.807) is 36.1 Å². The molecule has 1 aliphatic rings. The minimum atomic E-state index is -0.377. The van der Waals surface area contributed by atoms with Crippen LogP contribution in [-0.4, -0.2) is 29.4 Å². The first-order chi connectivity index (χ1) is 8.49. The summed E-state index contributed by atoms with van der Waals surface area (Å²) >= 11 is 4.87. The van der Waals surface area contributed by atoms with Crippen molar-refractivity contribution in [2.75, 3.05) is 11.4 Å². The van der Waals surface area contributed by atoms with Crippen molar-refractivity contribution < 1.29 is 9.59 Å². The number of amides is 2. The van der Waals surface area contributed by atoms with E-state index in [9.17, 15) is 9.59 Å². The Bertz CT molecular complexity index is 513. The zero-order chi connectivity index (χ0) is 13.3. The van der Waals surface area contributed by atoms with E-state index in [-0.39, 0.29) is 24.4 Å². The molecule has 0 aromatic heterocycles. The maximum Gasteiger partial charge on any atom is 0.249 e. The summed E-state index contributed by atoms with van der Waals surface area (Å²) in [6.45, 7) is 1.92. The Morgan fingerprint density at radius 1 is 1.39 bits per heavy atom. The van der Waals surface area contributed by atoms with E-state index in [2.05, 4.69) is 5.32 Å². The molecule has 2 rings (SSSR count). The van der Waals surface area contributed by atoms with Gasteiger partial charge in [0.25, 0.3) is 0 Å². The van der Waals surface area contributed by atoms with Crippen LogP contribution in [0.3, 0.4) is 0 Å². The fraction of sp³-hybridized carbons (Fsp3) is 0.250. The highest BCUT2D eigenvalue weighted by Gasteiger charge is 2.30. The second-order valence-electron chi connectivity index (χ2n) is 4.13. The van der Waals surface area contributed by atoms with E-state index < -0.39 is 0 Å². The fourth-order valence-electron chi connectivity index (χ4n) is 1.85. The smallest absolute Gasteiger partial charge is 0.249 e. The van der Waals surface area contributed by atoms with Crippen molar-refractivity contribution in [3.05, 3.63) is 29.8 Å². The number of anilines is 1. The number of carbonyl (C=O) groups excluding carboxylic acids is 2. The van der Waals surface area contributed by atoms with Crippen LogP contribution < -0.4 is 16.0 Å². The van der Waals surface area contributed by atoms with Crippen molar-refractivity contribution in [2.24, 2.45) is 5.73 Å². The van der Waals surface area contributed by atoms with Crippen LogP contribution in [0, 0.1) is 0 Å². The van der Waals surface area contributed by atoms with Gasteiger partial charge in [-0.3, -0.25) is 14.9 Å². The first-order valence-electron chi connectivity index (χ1n) is 5.49. The SMILES string of the molecule is CC1C(=O)NC(=O)CN1c1ccc(C(N)=S)cc1. The Morgan fingerprint density at radius 3 is 2.56 bits per heavy atom. The molecule has 1 aliphatic heterocycles. The number of carbonyl (C=O) groups is 2. The van der Waals surface area contributed by atoms with Crippen LogP contribution in [-0.2, 0) is 9.59 Å². The second kappa shape index (κ2) is 4.73. The van der Waals surface area contributed by atoms with E-state index in [1.807, 2.05) is 0 Å². The summed E-state index contributed by atoms with van der Waals surface area (Å²) in [5.74, 6) is -0.582. The highest BCUT2D eigenvalue weighted by molar-refractivity contribution is 7.80. The molecule has 1 unspecified atom stereocenters. The van der Waals surface area contributed by atoms with Crippen molar-refractivity contribution >= 4 is 34.7 Å². The average molecular weight is 263 g/mol. The fourth-order valence-corrected chi connectivity index (χ4v) is 1.98. The Balaban J connectivity index is 2.27. The maximum absolute atomic E-state index is 11.5. The van der Waals surface area contributed by atoms with Gasteiger partial charge in [-0.2, -0.15) is 0 Å². The van der Waals surface area contributed by atoms with E-state index in [1.165, 1.54) is 0 Å². The van der Waals surface area contributed by atoms with Gasteiger partial charge in [-0.1, -0.05) is 12.2 Å². The van der Waals surface area contributed by atoms with E-state index in [4.69, 9.17) is 18.0 Å². The third kappa shape index (κ3) is 2.33. The van der Waals surface area contributed by atoms with Gasteiger partial charge in [0, 0.05) is 11.3 Å². The minimum Gasteiger partial charge on any atom is -0.389 e. The van der Waals surface area contributed by atoms with Crippen LogP contribution in [0.25, 0.3) is 0 Å². The molecule has 0 radical (unpaired) electrons. The molecular weight excluding hydrogens is 250 g/mol. The molecule has 1 aromatic carbocycles. The molecule has 6 heteroatoms. The van der Waals surface area contributed by atoms with Crippen LogP contribution >= 0.6 is 12.2 Å². The third-order valence-electron chi connectivity index (χ3n) is 2.91. The van der Waals surface area contributed by atoms with Crippen LogP contribution in [0.2, 0.25) is 0 Å². The number of thiocarbonyl (C=S) groups is 1. The normalized spacial score (nSPS) is 19.6. The lowest BCUT2D eigenvalue weighted by Crippen LogP contribution is -2.57. The van der Waals surface area contributed by atoms with Gasteiger partial charge in [-0.05, 0) is 31.2 Å². The molecule has 2 amide bonds. The van der Waals surface area contributed by atoms with Gasteiger partial charge in [0.05, 0.1) is 6.54 Å². The molecule has 1 atom stereocenters. The van der Waals surface area contributed by atoms with Gasteiger partial charge in [-0.15, -0.1) is 0 Å². The number of nitrogens with two attached hydrogens (primary N) is 1. The lowest BCUT2D eigenvalue weighted by molar-refractivity contribution is -0.132. The number of piperazine rings is 1. The van der Waals surface area contributed by atoms with E-state index in [0.29, 0.717) is 4.99 Å². The van der Waals surface area contributed by atoms with Gasteiger partial charge >= 0.3 is 0 Å². The van der Waals surface area contributed by atoms with Crippen LogP contribution in [0.15, 0.2) is 24.3 Å². The quantitative estimate of drug-likeness (QED) is 0.588. The topological polar surface area (TPSA) is 75.4 Å². The zero-order valence-corrected chi connectivity index (χ0v) is 10.7. The summed E-state index contributed by atoms with van der Waals surface area (Å²) in [6, 6.07) is 6.79. The first-order valence-corrected chi connectivity index (χ1v) is 5.90. The molecule has 1 fully saturated rings. The molecule has 0 spiro atoms. The molecule has 1 saturated heterocycles. The second-order valence-corrected chi connectivity index (χ2v) is 4.57. The molecule has 0 saturated carbocycles. The predicted octanol–water partition coefficient (Wildman–Crippen LogP) is 0.172. The Morgan fingerprint density at radius 2 is 2.00 bits per heavy atom.